The first-order chi connectivity index (χ1) is 17.4. The second-order valence-corrected chi connectivity index (χ2v) is 9.84. The van der Waals surface area contributed by atoms with Gasteiger partial charge in [0, 0.05) is 13.0 Å². The highest BCUT2D eigenvalue weighted by molar-refractivity contribution is 6.23. The van der Waals surface area contributed by atoms with E-state index in [1.54, 1.807) is 13.8 Å². The Bertz CT molecular complexity index is 1340. The van der Waals surface area contributed by atoms with E-state index in [1.807, 2.05) is 30.3 Å². The van der Waals surface area contributed by atoms with Crippen LogP contribution in [0.15, 0.2) is 48.5 Å². The third kappa shape index (κ3) is 4.09. The van der Waals surface area contributed by atoms with Crippen LogP contribution in [0.4, 0.5) is 23.7 Å². The fourth-order valence-electron chi connectivity index (χ4n) is 5.85. The summed E-state index contributed by atoms with van der Waals surface area (Å²) < 4.78 is 52.3. The number of rotatable bonds is 4. The molecule has 1 N–H and O–H groups in total. The molecule has 3 saturated heterocycles. The number of nitrogens with one attached hydrogen (secondary N) is 1. The molecule has 2 bridgehead atoms. The maximum Gasteiger partial charge on any atom is 0.417 e. The number of alkyl carbamates (subject to hydrolysis) is 1. The second kappa shape index (κ2) is 9.13. The molecule has 38 heavy (non-hydrogen) atoms. The van der Waals surface area contributed by atoms with Gasteiger partial charge in [-0.1, -0.05) is 37.8 Å². The average molecular weight is 530 g/mol. The van der Waals surface area contributed by atoms with E-state index in [0.29, 0.717) is 6.07 Å². The van der Waals surface area contributed by atoms with E-state index in [2.05, 4.69) is 5.32 Å². The number of carbonyl (C=O) groups is 3. The summed E-state index contributed by atoms with van der Waals surface area (Å²) in [7, 11) is 0. The first-order valence-corrected chi connectivity index (χ1v) is 11.6. The molecule has 3 heterocycles. The molecule has 2 aromatic rings. The zero-order valence-electron chi connectivity index (χ0n) is 19.8. The molecule has 2 aromatic carbocycles. The van der Waals surface area contributed by atoms with Crippen LogP contribution >= 0.6 is 0 Å². The van der Waals surface area contributed by atoms with Gasteiger partial charge in [-0.2, -0.15) is 18.4 Å². The Balaban J connectivity index is 0.00000336. The minimum atomic E-state index is -4.85. The third-order valence-electron chi connectivity index (χ3n) is 7.48. The molecule has 8 nitrogen and oxygen atoms in total. The summed E-state index contributed by atoms with van der Waals surface area (Å²) in [4.78, 5) is 40.2. The van der Waals surface area contributed by atoms with Crippen LogP contribution in [0.3, 0.4) is 0 Å². The number of carbonyl (C=O) groups excluding carboxylic acids is 3. The van der Waals surface area contributed by atoms with Crippen molar-refractivity contribution < 1.29 is 37.0 Å². The molecule has 0 radical (unpaired) electrons. The molecule has 3 aliphatic rings. The quantitative estimate of drug-likeness (QED) is 0.582. The number of nitrogens with zero attached hydrogens (tertiary/aromatic N) is 2. The molecule has 11 heteroatoms. The Labute approximate surface area is 217 Å². The number of fused-ring (bicyclic) bond motifs is 5. The van der Waals surface area contributed by atoms with Crippen LogP contribution in [0.1, 0.15) is 44.4 Å². The van der Waals surface area contributed by atoms with Crippen LogP contribution in [0, 0.1) is 23.2 Å². The lowest BCUT2D eigenvalue weighted by Gasteiger charge is -2.34. The van der Waals surface area contributed by atoms with Crippen LogP contribution in [0.2, 0.25) is 0 Å². The number of ether oxygens (including phenoxy) is 2. The van der Waals surface area contributed by atoms with Crippen molar-refractivity contribution in [2.24, 2.45) is 11.8 Å². The Kier molecular flexibility index (Phi) is 6.52. The number of hydrogen-bond donors (Lipinski definition) is 1. The van der Waals surface area contributed by atoms with Gasteiger partial charge in [-0.15, -0.1) is 0 Å². The number of imide groups is 1. The highest BCUT2D eigenvalue weighted by Gasteiger charge is 2.77. The molecule has 3 amide bonds. The summed E-state index contributed by atoms with van der Waals surface area (Å²) in [6.07, 6.45) is -6.30. The monoisotopic (exact) mass is 529 g/mol. The molecule has 200 valence electrons. The predicted octanol–water partition coefficient (Wildman–Crippen LogP) is 4.57. The molecule has 5 rings (SSSR count). The number of alkyl halides is 3. The molecule has 0 unspecified atom stereocenters. The van der Waals surface area contributed by atoms with Crippen LogP contribution < -0.4 is 10.2 Å². The first kappa shape index (κ1) is 27.1. The fourth-order valence-corrected chi connectivity index (χ4v) is 5.85. The smallest absolute Gasteiger partial charge is 0.417 e. The number of anilines is 1. The van der Waals surface area contributed by atoms with Gasteiger partial charge in [0.05, 0.1) is 40.3 Å². The minimum Gasteiger partial charge on any atom is -0.443 e. The summed E-state index contributed by atoms with van der Waals surface area (Å²) in [5, 5.41) is 11.7. The van der Waals surface area contributed by atoms with Crippen molar-refractivity contribution in [3.8, 4) is 6.07 Å². The van der Waals surface area contributed by atoms with Crippen molar-refractivity contribution in [2.45, 2.75) is 57.7 Å². The van der Waals surface area contributed by atoms with Crippen molar-refractivity contribution in [3.63, 3.8) is 0 Å². The molecular weight excluding hydrogens is 503 g/mol. The number of amides is 3. The highest BCUT2D eigenvalue weighted by atomic mass is 19.4. The van der Waals surface area contributed by atoms with Gasteiger partial charge in [0.2, 0.25) is 11.8 Å². The number of halogens is 3. The van der Waals surface area contributed by atoms with E-state index in [4.69, 9.17) is 14.7 Å². The second-order valence-electron chi connectivity index (χ2n) is 9.84. The van der Waals surface area contributed by atoms with Crippen molar-refractivity contribution in [3.05, 3.63) is 65.2 Å². The maximum absolute atomic E-state index is 13.5. The zero-order valence-corrected chi connectivity index (χ0v) is 19.8. The molecule has 3 aliphatic heterocycles. The lowest BCUT2D eigenvalue weighted by atomic mass is 9.67. The van der Waals surface area contributed by atoms with Gasteiger partial charge in [-0.25, -0.2) is 9.69 Å². The molecule has 3 fully saturated rings. The van der Waals surface area contributed by atoms with Crippen LogP contribution in [0.5, 0.6) is 0 Å². The Morgan fingerprint density at radius 3 is 2.45 bits per heavy atom. The summed E-state index contributed by atoms with van der Waals surface area (Å²) in [6.45, 7) is 3.43. The molecule has 0 aliphatic carbocycles. The summed E-state index contributed by atoms with van der Waals surface area (Å²) in [5.74, 6) is -3.44. The zero-order chi connectivity index (χ0) is 26.8. The van der Waals surface area contributed by atoms with E-state index in [-0.39, 0.29) is 26.1 Å². The van der Waals surface area contributed by atoms with E-state index >= 15 is 0 Å². The molecule has 5 atom stereocenters. The van der Waals surface area contributed by atoms with E-state index in [9.17, 15) is 27.6 Å². The minimum absolute atomic E-state index is 0. The van der Waals surface area contributed by atoms with Gasteiger partial charge in [-0.3, -0.25) is 9.59 Å². The van der Waals surface area contributed by atoms with Gasteiger partial charge >= 0.3 is 12.3 Å². The Hall–Kier alpha value is -3.91. The molecular formula is C27H26F3N3O5. The number of benzene rings is 2. The van der Waals surface area contributed by atoms with E-state index in [1.165, 1.54) is 6.07 Å². The van der Waals surface area contributed by atoms with Gasteiger partial charge in [-0.05, 0) is 37.6 Å². The largest absolute Gasteiger partial charge is 0.443 e. The average Bonchev–Trinajstić information content (AvgIpc) is 3.37. The van der Waals surface area contributed by atoms with Crippen molar-refractivity contribution in [2.75, 3.05) is 4.90 Å². The van der Waals surface area contributed by atoms with E-state index < -0.39 is 64.4 Å². The van der Waals surface area contributed by atoms with Gasteiger partial charge in [0.25, 0.3) is 0 Å². The normalized spacial score (nSPS) is 29.5. The number of hydrogen-bond acceptors (Lipinski definition) is 6. The van der Waals surface area contributed by atoms with Crippen molar-refractivity contribution in [1.82, 2.24) is 5.32 Å². The predicted molar refractivity (Wildman–Crippen MR) is 128 cm³/mol. The topological polar surface area (TPSA) is 109 Å². The molecule has 0 spiro atoms. The SMILES string of the molecule is C.C[C@]12O[C@](C)(C[C@@H]1OC(=O)NCc1ccccc1)[C@H]1C(=O)N(c3ccc(C#N)c(C(F)(F)F)c3)C(=O)[C@H]12. The number of nitriles is 1. The Morgan fingerprint density at radius 1 is 1.16 bits per heavy atom. The lowest BCUT2D eigenvalue weighted by Crippen LogP contribution is -2.51. The van der Waals surface area contributed by atoms with Crippen molar-refractivity contribution >= 4 is 23.6 Å². The lowest BCUT2D eigenvalue weighted by molar-refractivity contribution is -0.138. The third-order valence-corrected chi connectivity index (χ3v) is 7.48. The fraction of sp³-hybridized carbons (Fsp3) is 0.407. The summed E-state index contributed by atoms with van der Waals surface area (Å²) in [6, 6.07) is 13.4. The van der Waals surface area contributed by atoms with Gasteiger partial charge in [0.1, 0.15) is 11.7 Å². The van der Waals surface area contributed by atoms with Gasteiger partial charge < -0.3 is 14.8 Å². The standard InChI is InChI=1S/C26H22F3N3O5.CH4/c1-24-11-18(36-23(35)31-13-14-6-4-3-5-7-14)25(2,37-24)20-19(24)21(33)32(22(20)34)16-9-8-15(12-30)17(10-16)26(27,28)29;/h3-10,18-20H,11,13H2,1-2H3,(H,31,35);1H4/t18-,19+,20-,24+,25-;/m0./s1. The summed E-state index contributed by atoms with van der Waals surface area (Å²) in [5.41, 5.74) is -3.80. The van der Waals surface area contributed by atoms with Crippen LogP contribution in [0.25, 0.3) is 0 Å². The van der Waals surface area contributed by atoms with Crippen LogP contribution in [-0.2, 0) is 31.8 Å². The first-order valence-electron chi connectivity index (χ1n) is 11.6. The molecule has 0 saturated carbocycles. The Morgan fingerprint density at radius 2 is 1.82 bits per heavy atom. The maximum atomic E-state index is 13.5. The van der Waals surface area contributed by atoms with Crippen LogP contribution in [-0.4, -0.2) is 35.2 Å². The van der Waals surface area contributed by atoms with Crippen molar-refractivity contribution in [1.29, 1.82) is 5.26 Å². The highest BCUT2D eigenvalue weighted by Crippen LogP contribution is 2.61. The van der Waals surface area contributed by atoms with Gasteiger partial charge in [0.15, 0.2) is 0 Å². The summed E-state index contributed by atoms with van der Waals surface area (Å²) >= 11 is 0. The van der Waals surface area contributed by atoms with E-state index in [0.717, 1.165) is 22.6 Å². The molecule has 0 aromatic heterocycles.